The summed E-state index contributed by atoms with van der Waals surface area (Å²) in [6.45, 7) is 0. The van der Waals surface area contributed by atoms with Crippen LogP contribution in [0.4, 0.5) is 13.2 Å². The van der Waals surface area contributed by atoms with Crippen molar-refractivity contribution in [1.29, 1.82) is 0 Å². The highest BCUT2D eigenvalue weighted by atomic mass is 79.9. The number of methoxy groups -OCH3 is 1. The molecule has 0 amide bonds. The average Bonchev–Trinajstić information content (AvgIpc) is 2.15. The minimum absolute atomic E-state index is 0.342. The van der Waals surface area contributed by atoms with Crippen LogP contribution in [-0.2, 0) is 0 Å². The van der Waals surface area contributed by atoms with Crippen molar-refractivity contribution in [3.8, 4) is 5.75 Å². The lowest BCUT2D eigenvalue weighted by Gasteiger charge is -2.17. The van der Waals surface area contributed by atoms with Gasteiger partial charge in [0.15, 0.2) is 0 Å². The van der Waals surface area contributed by atoms with Crippen LogP contribution in [0.2, 0.25) is 0 Å². The van der Waals surface area contributed by atoms with E-state index in [0.717, 1.165) is 0 Å². The van der Waals surface area contributed by atoms with Crippen LogP contribution >= 0.6 is 15.9 Å². The molecule has 90 valence electrons. The molecule has 0 fully saturated rings. The van der Waals surface area contributed by atoms with Gasteiger partial charge in [-0.3, -0.25) is 0 Å². The SMILES string of the molecule is COc1ccc(Br)cc1[C@@H](N)CC(F)(F)F. The molecule has 2 N–H and O–H groups in total. The van der Waals surface area contributed by atoms with Crippen molar-refractivity contribution in [3.05, 3.63) is 28.2 Å². The second-order valence-corrected chi connectivity index (χ2v) is 4.23. The van der Waals surface area contributed by atoms with Crippen molar-refractivity contribution in [2.24, 2.45) is 5.73 Å². The van der Waals surface area contributed by atoms with Gasteiger partial charge in [0.25, 0.3) is 0 Å². The third-order valence-corrected chi connectivity index (χ3v) is 2.54. The third-order valence-electron chi connectivity index (χ3n) is 2.04. The third kappa shape index (κ3) is 3.68. The molecule has 0 saturated heterocycles. The summed E-state index contributed by atoms with van der Waals surface area (Å²) in [5.41, 5.74) is 5.85. The summed E-state index contributed by atoms with van der Waals surface area (Å²) in [5, 5.41) is 0. The van der Waals surface area contributed by atoms with Gasteiger partial charge in [-0.25, -0.2) is 0 Å². The molecule has 0 aromatic heterocycles. The molecule has 0 unspecified atom stereocenters. The van der Waals surface area contributed by atoms with E-state index in [2.05, 4.69) is 15.9 Å². The van der Waals surface area contributed by atoms with Crippen molar-refractivity contribution in [2.75, 3.05) is 7.11 Å². The van der Waals surface area contributed by atoms with E-state index < -0.39 is 18.6 Å². The fraction of sp³-hybridized carbons (Fsp3) is 0.400. The van der Waals surface area contributed by atoms with Crippen LogP contribution in [0.25, 0.3) is 0 Å². The Morgan fingerprint density at radius 1 is 1.44 bits per heavy atom. The van der Waals surface area contributed by atoms with E-state index in [4.69, 9.17) is 10.5 Å². The van der Waals surface area contributed by atoms with Crippen LogP contribution < -0.4 is 10.5 Å². The lowest BCUT2D eigenvalue weighted by atomic mass is 10.0. The summed E-state index contributed by atoms with van der Waals surface area (Å²) in [6, 6.07) is 3.68. The van der Waals surface area contributed by atoms with Gasteiger partial charge in [-0.15, -0.1) is 0 Å². The highest BCUT2D eigenvalue weighted by molar-refractivity contribution is 9.10. The standard InChI is InChI=1S/C10H11BrF3NO/c1-16-9-3-2-6(11)4-7(9)8(15)5-10(12,13)14/h2-4,8H,5,15H2,1H3/t8-/m0/s1. The van der Waals surface area contributed by atoms with Gasteiger partial charge in [0.1, 0.15) is 5.75 Å². The predicted molar refractivity (Wildman–Crippen MR) is 58.3 cm³/mol. The molecule has 0 bridgehead atoms. The number of nitrogens with two attached hydrogens (primary N) is 1. The van der Waals surface area contributed by atoms with Crippen molar-refractivity contribution in [1.82, 2.24) is 0 Å². The van der Waals surface area contributed by atoms with Crippen molar-refractivity contribution >= 4 is 15.9 Å². The molecule has 0 aliphatic carbocycles. The van der Waals surface area contributed by atoms with Gasteiger partial charge in [0.05, 0.1) is 13.5 Å². The largest absolute Gasteiger partial charge is 0.496 e. The van der Waals surface area contributed by atoms with E-state index in [1.807, 2.05) is 0 Å². The van der Waals surface area contributed by atoms with Crippen LogP contribution in [0.15, 0.2) is 22.7 Å². The Labute approximate surface area is 99.7 Å². The quantitative estimate of drug-likeness (QED) is 0.928. The maximum absolute atomic E-state index is 12.2. The Bertz CT molecular complexity index is 368. The van der Waals surface area contributed by atoms with Crippen LogP contribution in [-0.4, -0.2) is 13.3 Å². The molecular weight excluding hydrogens is 287 g/mol. The number of halogens is 4. The molecule has 0 saturated carbocycles. The highest BCUT2D eigenvalue weighted by Crippen LogP contribution is 2.33. The molecule has 2 nitrogen and oxygen atoms in total. The smallest absolute Gasteiger partial charge is 0.390 e. The Morgan fingerprint density at radius 3 is 2.56 bits per heavy atom. The average molecular weight is 298 g/mol. The molecule has 0 aliphatic heterocycles. The summed E-state index contributed by atoms with van der Waals surface area (Å²) in [6.07, 6.45) is -5.35. The topological polar surface area (TPSA) is 35.2 Å². The van der Waals surface area contributed by atoms with E-state index in [-0.39, 0.29) is 0 Å². The van der Waals surface area contributed by atoms with E-state index in [9.17, 15) is 13.2 Å². The van der Waals surface area contributed by atoms with E-state index in [1.54, 1.807) is 12.1 Å². The number of benzene rings is 1. The zero-order valence-electron chi connectivity index (χ0n) is 8.51. The van der Waals surface area contributed by atoms with Crippen molar-refractivity contribution < 1.29 is 17.9 Å². The zero-order valence-corrected chi connectivity index (χ0v) is 10.1. The van der Waals surface area contributed by atoms with Gasteiger partial charge in [-0.05, 0) is 18.2 Å². The lowest BCUT2D eigenvalue weighted by molar-refractivity contribution is -0.138. The first kappa shape index (κ1) is 13.3. The number of ether oxygens (including phenoxy) is 1. The van der Waals surface area contributed by atoms with Crippen molar-refractivity contribution in [2.45, 2.75) is 18.6 Å². The molecule has 1 atom stereocenters. The summed E-state index contributed by atoms with van der Waals surface area (Å²) < 4.78 is 42.2. The summed E-state index contributed by atoms with van der Waals surface area (Å²) in [4.78, 5) is 0. The molecule has 0 spiro atoms. The number of hydrogen-bond donors (Lipinski definition) is 1. The Hall–Kier alpha value is -0.750. The molecule has 0 heterocycles. The van der Waals surface area contributed by atoms with Crippen LogP contribution in [0.5, 0.6) is 5.75 Å². The predicted octanol–water partition coefficient (Wildman–Crippen LogP) is 3.41. The number of rotatable bonds is 3. The summed E-state index contributed by atoms with van der Waals surface area (Å²) >= 11 is 3.18. The minimum atomic E-state index is -4.28. The first-order chi connectivity index (χ1) is 7.33. The molecule has 6 heteroatoms. The Kier molecular flexibility index (Phi) is 4.21. The van der Waals surface area contributed by atoms with E-state index >= 15 is 0 Å². The molecule has 1 rings (SSSR count). The van der Waals surface area contributed by atoms with Gasteiger partial charge < -0.3 is 10.5 Å². The normalized spacial score (nSPS) is 13.6. The van der Waals surface area contributed by atoms with Gasteiger partial charge in [0, 0.05) is 16.1 Å². The monoisotopic (exact) mass is 297 g/mol. The molecule has 1 aromatic carbocycles. The Morgan fingerprint density at radius 2 is 2.06 bits per heavy atom. The molecular formula is C10H11BrF3NO. The van der Waals surface area contributed by atoms with Gasteiger partial charge in [0.2, 0.25) is 0 Å². The summed E-state index contributed by atoms with van der Waals surface area (Å²) in [7, 11) is 1.40. The maximum atomic E-state index is 12.2. The maximum Gasteiger partial charge on any atom is 0.390 e. The molecule has 0 radical (unpaired) electrons. The lowest BCUT2D eigenvalue weighted by Crippen LogP contribution is -2.20. The zero-order chi connectivity index (χ0) is 12.3. The molecule has 1 aromatic rings. The fourth-order valence-corrected chi connectivity index (χ4v) is 1.73. The van der Waals surface area contributed by atoms with E-state index in [1.165, 1.54) is 13.2 Å². The number of alkyl halides is 3. The summed E-state index contributed by atoms with van der Waals surface area (Å²) in [5.74, 6) is 0.361. The minimum Gasteiger partial charge on any atom is -0.496 e. The fourth-order valence-electron chi connectivity index (χ4n) is 1.35. The number of hydrogen-bond acceptors (Lipinski definition) is 2. The highest BCUT2D eigenvalue weighted by Gasteiger charge is 2.32. The second-order valence-electron chi connectivity index (χ2n) is 3.31. The van der Waals surface area contributed by atoms with Crippen LogP contribution in [0.3, 0.4) is 0 Å². The first-order valence-electron chi connectivity index (χ1n) is 4.49. The van der Waals surface area contributed by atoms with Crippen molar-refractivity contribution in [3.63, 3.8) is 0 Å². The first-order valence-corrected chi connectivity index (χ1v) is 5.28. The molecule has 0 aliphatic rings. The van der Waals surface area contributed by atoms with E-state index in [0.29, 0.717) is 15.8 Å². The van der Waals surface area contributed by atoms with Crippen LogP contribution in [0, 0.1) is 0 Å². The van der Waals surface area contributed by atoms with Gasteiger partial charge >= 0.3 is 6.18 Å². The van der Waals surface area contributed by atoms with Crippen LogP contribution in [0.1, 0.15) is 18.0 Å². The Balaban J connectivity index is 2.97. The van der Waals surface area contributed by atoms with Gasteiger partial charge in [-0.1, -0.05) is 15.9 Å². The van der Waals surface area contributed by atoms with Gasteiger partial charge in [-0.2, -0.15) is 13.2 Å². The molecule has 16 heavy (non-hydrogen) atoms. The second kappa shape index (κ2) is 5.05.